The second kappa shape index (κ2) is 6.59. The van der Waals surface area contributed by atoms with Gasteiger partial charge in [-0.05, 0) is 29.8 Å². The third-order valence-corrected chi connectivity index (χ3v) is 3.73. The molecule has 112 valence electrons. The van der Waals surface area contributed by atoms with Crippen molar-refractivity contribution in [3.05, 3.63) is 53.9 Å². The molecule has 0 bridgehead atoms. The maximum absolute atomic E-state index is 9.89. The molecule has 2 rings (SSSR count). The Bertz CT molecular complexity index is 586. The Hall–Kier alpha value is -2.07. The topological polar surface area (TPSA) is 51.6 Å². The monoisotopic (exact) mass is 287 g/mol. The molecule has 0 aliphatic heterocycles. The van der Waals surface area contributed by atoms with Crippen LogP contribution in [-0.4, -0.2) is 30.9 Å². The molecule has 4 nitrogen and oxygen atoms in total. The summed E-state index contributed by atoms with van der Waals surface area (Å²) in [7, 11) is 3.22. The van der Waals surface area contributed by atoms with Crippen LogP contribution in [0.4, 0.5) is 0 Å². The predicted molar refractivity (Wildman–Crippen MR) is 81.9 cm³/mol. The maximum atomic E-state index is 9.89. The highest BCUT2D eigenvalue weighted by molar-refractivity contribution is 5.45. The molecule has 21 heavy (non-hydrogen) atoms. The minimum atomic E-state index is -0.423. The summed E-state index contributed by atoms with van der Waals surface area (Å²) in [5.41, 5.74) is 1.52. The summed E-state index contributed by atoms with van der Waals surface area (Å²) < 4.78 is 10.6. The zero-order valence-electron chi connectivity index (χ0n) is 12.7. The zero-order chi connectivity index (χ0) is 15.3. The molecule has 0 spiro atoms. The molecule has 0 fully saturated rings. The van der Waals surface area contributed by atoms with E-state index < -0.39 is 5.41 Å². The highest BCUT2D eigenvalue weighted by Crippen LogP contribution is 2.34. The van der Waals surface area contributed by atoms with Crippen LogP contribution in [0.25, 0.3) is 0 Å². The van der Waals surface area contributed by atoms with Crippen LogP contribution in [0.3, 0.4) is 0 Å². The molecule has 0 radical (unpaired) electrons. The van der Waals surface area contributed by atoms with E-state index in [2.05, 4.69) is 4.98 Å². The van der Waals surface area contributed by atoms with Crippen molar-refractivity contribution in [3.63, 3.8) is 0 Å². The summed E-state index contributed by atoms with van der Waals surface area (Å²) in [6, 6.07) is 11.5. The van der Waals surface area contributed by atoms with Gasteiger partial charge in [0.25, 0.3) is 0 Å². The number of hydrogen-bond acceptors (Lipinski definition) is 4. The average Bonchev–Trinajstić information content (AvgIpc) is 2.54. The van der Waals surface area contributed by atoms with Gasteiger partial charge in [-0.15, -0.1) is 0 Å². The molecule has 2 aromatic rings. The van der Waals surface area contributed by atoms with E-state index in [1.807, 2.05) is 43.3 Å². The molecule has 1 aromatic carbocycles. The molecule has 0 aliphatic rings. The van der Waals surface area contributed by atoms with Crippen LogP contribution in [-0.2, 0) is 11.8 Å². The molecule has 1 N–H and O–H groups in total. The van der Waals surface area contributed by atoms with E-state index >= 15 is 0 Å². The fourth-order valence-electron chi connectivity index (χ4n) is 2.36. The fourth-order valence-corrected chi connectivity index (χ4v) is 2.36. The lowest BCUT2D eigenvalue weighted by Gasteiger charge is -2.28. The quantitative estimate of drug-likeness (QED) is 0.887. The van der Waals surface area contributed by atoms with E-state index in [1.165, 1.54) is 0 Å². The Labute approximate surface area is 125 Å². The Morgan fingerprint density at radius 3 is 2.43 bits per heavy atom. The summed E-state index contributed by atoms with van der Waals surface area (Å²) in [6.45, 7) is 2.04. The third kappa shape index (κ3) is 3.34. The van der Waals surface area contributed by atoms with E-state index in [9.17, 15) is 5.11 Å². The minimum absolute atomic E-state index is 0.0268. The fraction of sp³-hybridized carbons (Fsp3) is 0.353. The zero-order valence-corrected chi connectivity index (χ0v) is 12.7. The normalized spacial score (nSPS) is 13.5. The van der Waals surface area contributed by atoms with Crippen molar-refractivity contribution in [1.29, 1.82) is 0 Å². The maximum Gasteiger partial charge on any atom is 0.161 e. The van der Waals surface area contributed by atoms with Gasteiger partial charge in [0.1, 0.15) is 0 Å². The average molecular weight is 287 g/mol. The number of aliphatic hydroxyl groups is 1. The molecule has 0 saturated carbocycles. The van der Waals surface area contributed by atoms with E-state index in [4.69, 9.17) is 9.47 Å². The molecule has 4 heteroatoms. The van der Waals surface area contributed by atoms with Crippen molar-refractivity contribution >= 4 is 0 Å². The van der Waals surface area contributed by atoms with Gasteiger partial charge >= 0.3 is 0 Å². The van der Waals surface area contributed by atoms with Gasteiger partial charge in [-0.25, -0.2) is 0 Å². The molecule has 1 atom stereocenters. The van der Waals surface area contributed by atoms with Gasteiger partial charge in [-0.3, -0.25) is 4.98 Å². The Morgan fingerprint density at radius 1 is 1.10 bits per heavy atom. The van der Waals surface area contributed by atoms with E-state index in [1.54, 1.807) is 20.4 Å². The van der Waals surface area contributed by atoms with Crippen molar-refractivity contribution in [3.8, 4) is 11.5 Å². The molecular formula is C17H21NO3. The van der Waals surface area contributed by atoms with E-state index in [0.29, 0.717) is 17.9 Å². The number of nitrogens with zero attached hydrogens (tertiary/aromatic N) is 1. The molecule has 0 saturated heterocycles. The van der Waals surface area contributed by atoms with E-state index in [0.717, 1.165) is 11.3 Å². The van der Waals surface area contributed by atoms with Crippen LogP contribution in [0, 0.1) is 0 Å². The van der Waals surface area contributed by atoms with Crippen LogP contribution < -0.4 is 9.47 Å². The van der Waals surface area contributed by atoms with E-state index in [-0.39, 0.29) is 6.61 Å². The Balaban J connectivity index is 2.35. The van der Waals surface area contributed by atoms with Crippen molar-refractivity contribution < 1.29 is 14.6 Å². The Kier molecular flexibility index (Phi) is 4.81. The SMILES string of the molecule is COc1ccc(C(C)(CO)Cc2ccccn2)cc1OC. The largest absolute Gasteiger partial charge is 0.493 e. The van der Waals surface area contributed by atoms with Crippen LogP contribution in [0.15, 0.2) is 42.6 Å². The first-order valence-electron chi connectivity index (χ1n) is 6.86. The molecular weight excluding hydrogens is 266 g/mol. The van der Waals surface area contributed by atoms with Gasteiger partial charge in [0.15, 0.2) is 11.5 Å². The second-order valence-corrected chi connectivity index (χ2v) is 5.29. The number of rotatable bonds is 6. The van der Waals surface area contributed by atoms with Gasteiger partial charge in [0, 0.05) is 23.7 Å². The second-order valence-electron chi connectivity index (χ2n) is 5.29. The van der Waals surface area contributed by atoms with Crippen molar-refractivity contribution in [1.82, 2.24) is 4.98 Å². The first-order chi connectivity index (χ1) is 10.1. The minimum Gasteiger partial charge on any atom is -0.493 e. The number of benzene rings is 1. The highest BCUT2D eigenvalue weighted by atomic mass is 16.5. The first kappa shape index (κ1) is 15.3. The number of ether oxygens (including phenoxy) is 2. The number of methoxy groups -OCH3 is 2. The summed E-state index contributed by atoms with van der Waals surface area (Å²) in [4.78, 5) is 4.35. The number of aromatic nitrogens is 1. The standard InChI is InChI=1S/C17H21NO3/c1-17(12-19,11-14-6-4-5-9-18-14)13-7-8-15(20-2)16(10-13)21-3/h4-10,19H,11-12H2,1-3H3. The lowest BCUT2D eigenvalue weighted by molar-refractivity contribution is 0.203. The van der Waals surface area contributed by atoms with Gasteiger partial charge in [0.2, 0.25) is 0 Å². The van der Waals surface area contributed by atoms with Gasteiger partial charge in [-0.2, -0.15) is 0 Å². The van der Waals surface area contributed by atoms with Crippen LogP contribution in [0.5, 0.6) is 11.5 Å². The summed E-state index contributed by atoms with van der Waals surface area (Å²) in [6.07, 6.45) is 2.42. The predicted octanol–water partition coefficient (Wildman–Crippen LogP) is 2.59. The third-order valence-electron chi connectivity index (χ3n) is 3.73. The summed E-state index contributed by atoms with van der Waals surface area (Å²) in [5, 5.41) is 9.89. The lowest BCUT2D eigenvalue weighted by atomic mass is 9.79. The number of hydrogen-bond donors (Lipinski definition) is 1. The van der Waals surface area contributed by atoms with Crippen LogP contribution in [0.1, 0.15) is 18.2 Å². The van der Waals surface area contributed by atoms with Crippen LogP contribution >= 0.6 is 0 Å². The molecule has 0 aliphatic carbocycles. The molecule has 1 aromatic heterocycles. The van der Waals surface area contributed by atoms with Gasteiger partial charge < -0.3 is 14.6 Å². The van der Waals surface area contributed by atoms with Crippen molar-refractivity contribution in [2.45, 2.75) is 18.8 Å². The smallest absolute Gasteiger partial charge is 0.161 e. The van der Waals surface area contributed by atoms with Gasteiger partial charge in [-0.1, -0.05) is 19.1 Å². The summed E-state index contributed by atoms with van der Waals surface area (Å²) in [5.74, 6) is 1.34. The summed E-state index contributed by atoms with van der Waals surface area (Å²) >= 11 is 0. The molecule has 1 unspecified atom stereocenters. The number of pyridine rings is 1. The lowest BCUT2D eigenvalue weighted by Crippen LogP contribution is -2.30. The Morgan fingerprint density at radius 2 is 1.86 bits per heavy atom. The van der Waals surface area contributed by atoms with Crippen LogP contribution in [0.2, 0.25) is 0 Å². The molecule has 1 heterocycles. The molecule has 0 amide bonds. The van der Waals surface area contributed by atoms with Crippen molar-refractivity contribution in [2.24, 2.45) is 0 Å². The van der Waals surface area contributed by atoms with Crippen molar-refractivity contribution in [2.75, 3.05) is 20.8 Å². The highest BCUT2D eigenvalue weighted by Gasteiger charge is 2.28. The first-order valence-corrected chi connectivity index (χ1v) is 6.86. The van der Waals surface area contributed by atoms with Gasteiger partial charge in [0.05, 0.1) is 20.8 Å². The number of aliphatic hydroxyl groups excluding tert-OH is 1.